The second-order valence-electron chi connectivity index (χ2n) is 6.53. The van der Waals surface area contributed by atoms with E-state index in [2.05, 4.69) is 47.0 Å². The maximum Gasteiger partial charge on any atom is 0.250 e. The molecule has 0 bridgehead atoms. The molecule has 1 heterocycles. The van der Waals surface area contributed by atoms with Crippen molar-refractivity contribution in [1.29, 1.82) is 0 Å². The highest BCUT2D eigenvalue weighted by atomic mass is 16.1. The number of primary amides is 1. The molecule has 0 atom stereocenters. The van der Waals surface area contributed by atoms with Gasteiger partial charge >= 0.3 is 0 Å². The predicted molar refractivity (Wildman–Crippen MR) is 106 cm³/mol. The number of nitrogens with two attached hydrogens (primary N) is 1. The Hall–Kier alpha value is -3.33. The van der Waals surface area contributed by atoms with E-state index in [1.165, 1.54) is 16.3 Å². The standard InChI is InChI=1S/C23H20N2O/c1-16-21(23(24)26)14-22(25(16)15-17-7-3-2-4-8-17)20-12-11-18-9-5-6-10-19(18)13-20/h2-14H,15H2,1H3,(H2,24,26). The lowest BCUT2D eigenvalue weighted by Crippen LogP contribution is -2.12. The molecule has 0 saturated carbocycles. The second-order valence-corrected chi connectivity index (χ2v) is 6.53. The molecule has 2 N–H and O–H groups in total. The summed E-state index contributed by atoms with van der Waals surface area (Å²) in [5.41, 5.74) is 10.3. The SMILES string of the molecule is Cc1c(C(N)=O)cc(-c2ccc3ccccc3c2)n1Cc1ccccc1. The van der Waals surface area contributed by atoms with Crippen molar-refractivity contribution in [3.05, 3.63) is 95.7 Å². The molecule has 0 aliphatic carbocycles. The zero-order valence-corrected chi connectivity index (χ0v) is 14.6. The average Bonchev–Trinajstić information content (AvgIpc) is 2.99. The van der Waals surface area contributed by atoms with E-state index >= 15 is 0 Å². The van der Waals surface area contributed by atoms with Crippen LogP contribution >= 0.6 is 0 Å². The zero-order valence-electron chi connectivity index (χ0n) is 14.6. The van der Waals surface area contributed by atoms with E-state index in [-0.39, 0.29) is 0 Å². The summed E-state index contributed by atoms with van der Waals surface area (Å²) >= 11 is 0. The summed E-state index contributed by atoms with van der Waals surface area (Å²) in [4.78, 5) is 11.9. The van der Waals surface area contributed by atoms with Gasteiger partial charge in [-0.2, -0.15) is 0 Å². The van der Waals surface area contributed by atoms with Crippen LogP contribution in [0.5, 0.6) is 0 Å². The molecule has 3 nitrogen and oxygen atoms in total. The van der Waals surface area contributed by atoms with Crippen molar-refractivity contribution in [3.8, 4) is 11.3 Å². The van der Waals surface area contributed by atoms with Crippen LogP contribution in [0.3, 0.4) is 0 Å². The third-order valence-corrected chi connectivity index (χ3v) is 4.86. The fourth-order valence-corrected chi connectivity index (χ4v) is 3.45. The topological polar surface area (TPSA) is 48.0 Å². The number of hydrogen-bond acceptors (Lipinski definition) is 1. The first-order valence-corrected chi connectivity index (χ1v) is 8.66. The number of fused-ring (bicyclic) bond motifs is 1. The van der Waals surface area contributed by atoms with Crippen LogP contribution in [0, 0.1) is 6.92 Å². The number of amides is 1. The van der Waals surface area contributed by atoms with E-state index < -0.39 is 5.91 Å². The van der Waals surface area contributed by atoms with Gasteiger partial charge in [-0.3, -0.25) is 4.79 Å². The zero-order chi connectivity index (χ0) is 18.1. The van der Waals surface area contributed by atoms with Crippen molar-refractivity contribution in [3.63, 3.8) is 0 Å². The van der Waals surface area contributed by atoms with E-state index in [1.807, 2.05) is 43.3 Å². The lowest BCUT2D eigenvalue weighted by molar-refractivity contribution is 0.0999. The average molecular weight is 340 g/mol. The van der Waals surface area contributed by atoms with Gasteiger partial charge in [-0.05, 0) is 41.0 Å². The summed E-state index contributed by atoms with van der Waals surface area (Å²) < 4.78 is 2.17. The van der Waals surface area contributed by atoms with Crippen LogP contribution in [0.15, 0.2) is 78.9 Å². The molecular formula is C23H20N2O. The Balaban J connectivity index is 1.88. The summed E-state index contributed by atoms with van der Waals surface area (Å²) in [6, 6.07) is 26.8. The molecule has 128 valence electrons. The maximum absolute atomic E-state index is 11.9. The monoisotopic (exact) mass is 340 g/mol. The van der Waals surface area contributed by atoms with Gasteiger partial charge in [-0.1, -0.05) is 66.7 Å². The Labute approximate surface area is 152 Å². The van der Waals surface area contributed by atoms with Crippen molar-refractivity contribution >= 4 is 16.7 Å². The van der Waals surface area contributed by atoms with Gasteiger partial charge in [0.2, 0.25) is 0 Å². The van der Waals surface area contributed by atoms with Crippen LogP contribution in [-0.2, 0) is 6.54 Å². The van der Waals surface area contributed by atoms with Crippen molar-refractivity contribution in [1.82, 2.24) is 4.57 Å². The maximum atomic E-state index is 11.9. The molecule has 1 amide bonds. The summed E-state index contributed by atoms with van der Waals surface area (Å²) in [6.07, 6.45) is 0. The quantitative estimate of drug-likeness (QED) is 0.572. The summed E-state index contributed by atoms with van der Waals surface area (Å²) in [6.45, 7) is 2.65. The fourth-order valence-electron chi connectivity index (χ4n) is 3.45. The Morgan fingerprint density at radius 3 is 2.31 bits per heavy atom. The largest absolute Gasteiger partial charge is 0.366 e. The van der Waals surface area contributed by atoms with Gasteiger partial charge in [-0.25, -0.2) is 0 Å². The smallest absolute Gasteiger partial charge is 0.250 e. The third kappa shape index (κ3) is 2.88. The summed E-state index contributed by atoms with van der Waals surface area (Å²) in [5, 5.41) is 2.38. The fraction of sp³-hybridized carbons (Fsp3) is 0.0870. The van der Waals surface area contributed by atoms with Crippen molar-refractivity contribution < 1.29 is 4.79 Å². The minimum absolute atomic E-state index is 0.392. The number of carbonyl (C=O) groups is 1. The number of rotatable bonds is 4. The molecule has 1 aromatic heterocycles. The summed E-state index contributed by atoms with van der Waals surface area (Å²) in [7, 11) is 0. The number of nitrogens with zero attached hydrogens (tertiary/aromatic N) is 1. The molecule has 0 unspecified atom stereocenters. The van der Waals surface area contributed by atoms with Crippen LogP contribution in [-0.4, -0.2) is 10.5 Å². The molecule has 4 aromatic rings. The molecule has 26 heavy (non-hydrogen) atoms. The van der Waals surface area contributed by atoms with E-state index in [0.717, 1.165) is 17.0 Å². The number of carbonyl (C=O) groups excluding carboxylic acids is 1. The molecular weight excluding hydrogens is 320 g/mol. The minimum atomic E-state index is -0.392. The van der Waals surface area contributed by atoms with Gasteiger partial charge in [-0.15, -0.1) is 0 Å². The predicted octanol–water partition coefficient (Wildman–Crippen LogP) is 4.76. The highest BCUT2D eigenvalue weighted by molar-refractivity contribution is 5.96. The molecule has 3 aromatic carbocycles. The molecule has 0 aliphatic rings. The molecule has 3 heteroatoms. The molecule has 4 rings (SSSR count). The minimum Gasteiger partial charge on any atom is -0.366 e. The van der Waals surface area contributed by atoms with Crippen molar-refractivity contribution in [2.45, 2.75) is 13.5 Å². The number of aromatic nitrogens is 1. The molecule has 0 saturated heterocycles. The molecule has 0 aliphatic heterocycles. The lowest BCUT2D eigenvalue weighted by Gasteiger charge is -2.13. The Morgan fingerprint density at radius 2 is 1.58 bits per heavy atom. The highest BCUT2D eigenvalue weighted by Crippen LogP contribution is 2.29. The first-order valence-electron chi connectivity index (χ1n) is 8.66. The van der Waals surface area contributed by atoms with Gasteiger partial charge < -0.3 is 10.3 Å². The van der Waals surface area contributed by atoms with E-state index in [0.29, 0.717) is 12.1 Å². The lowest BCUT2D eigenvalue weighted by atomic mass is 10.0. The van der Waals surface area contributed by atoms with Crippen LogP contribution in [0.1, 0.15) is 21.6 Å². The van der Waals surface area contributed by atoms with Gasteiger partial charge in [0, 0.05) is 17.9 Å². The van der Waals surface area contributed by atoms with Gasteiger partial charge in [0.15, 0.2) is 0 Å². The van der Waals surface area contributed by atoms with Crippen LogP contribution in [0.2, 0.25) is 0 Å². The Morgan fingerprint density at radius 1 is 0.885 bits per heavy atom. The van der Waals surface area contributed by atoms with Crippen LogP contribution < -0.4 is 5.73 Å². The van der Waals surface area contributed by atoms with Gasteiger partial charge in [0.05, 0.1) is 5.56 Å². The highest BCUT2D eigenvalue weighted by Gasteiger charge is 2.17. The molecule has 0 fully saturated rings. The second kappa shape index (κ2) is 6.52. The number of hydrogen-bond donors (Lipinski definition) is 1. The third-order valence-electron chi connectivity index (χ3n) is 4.86. The van der Waals surface area contributed by atoms with Gasteiger partial charge in [0.25, 0.3) is 5.91 Å². The normalized spacial score (nSPS) is 11.0. The van der Waals surface area contributed by atoms with E-state index in [1.54, 1.807) is 0 Å². The van der Waals surface area contributed by atoms with Crippen molar-refractivity contribution in [2.75, 3.05) is 0 Å². The summed E-state index contributed by atoms with van der Waals surface area (Å²) in [5.74, 6) is -0.392. The molecule has 0 radical (unpaired) electrons. The van der Waals surface area contributed by atoms with Gasteiger partial charge in [0.1, 0.15) is 0 Å². The van der Waals surface area contributed by atoms with E-state index in [9.17, 15) is 4.79 Å². The first kappa shape index (κ1) is 16.2. The van der Waals surface area contributed by atoms with Crippen LogP contribution in [0.4, 0.5) is 0 Å². The number of benzene rings is 3. The van der Waals surface area contributed by atoms with Crippen LogP contribution in [0.25, 0.3) is 22.0 Å². The Kier molecular flexibility index (Phi) is 4.05. The van der Waals surface area contributed by atoms with E-state index in [4.69, 9.17) is 5.73 Å². The first-order chi connectivity index (χ1) is 12.6. The molecule has 0 spiro atoms. The Bertz CT molecular complexity index is 1090. The van der Waals surface area contributed by atoms with Crippen molar-refractivity contribution in [2.24, 2.45) is 5.73 Å².